The third-order valence-corrected chi connectivity index (χ3v) is 15.0. The monoisotopic (exact) mass is 1070 g/mol. The molecule has 4 atom stereocenters. The van der Waals surface area contributed by atoms with E-state index in [2.05, 4.69) is 31.9 Å². The van der Waals surface area contributed by atoms with Crippen molar-refractivity contribution in [3.63, 3.8) is 0 Å². The Kier molecular flexibility index (Phi) is 16.2. The van der Waals surface area contributed by atoms with Crippen LogP contribution in [0, 0.1) is 18.7 Å². The molecule has 0 radical (unpaired) electrons. The van der Waals surface area contributed by atoms with E-state index in [9.17, 15) is 53.1 Å². The summed E-state index contributed by atoms with van der Waals surface area (Å²) in [4.78, 5) is 135. The number of amides is 8. The third kappa shape index (κ3) is 11.6. The first-order valence-corrected chi connectivity index (χ1v) is 26.1. The zero-order valence-corrected chi connectivity index (χ0v) is 43.1. The largest absolute Gasteiger partial charge is 0.458 e. The summed E-state index contributed by atoms with van der Waals surface area (Å²) in [5.41, 5.74) is 1.96. The molecular weight excluding hydrogens is 1010 g/mol. The summed E-state index contributed by atoms with van der Waals surface area (Å²) in [5.74, 6) is -5.79. The lowest BCUT2D eigenvalue weighted by Crippen LogP contribution is -2.52. The molecule has 3 aliphatic heterocycles. The van der Waals surface area contributed by atoms with Gasteiger partial charge < -0.3 is 51.0 Å². The number of benzene rings is 2. The second-order valence-corrected chi connectivity index (χ2v) is 20.1. The molecule has 8 amide bonds. The highest BCUT2D eigenvalue weighted by Gasteiger charge is 2.46. The van der Waals surface area contributed by atoms with Gasteiger partial charge in [-0.25, -0.2) is 14.2 Å². The average Bonchev–Trinajstić information content (AvgIpc) is 4.32. The Hall–Kier alpha value is -8.18. The number of carbonyl (C=O) groups is 9. The topological polar surface area (TPSA) is 303 Å². The summed E-state index contributed by atoms with van der Waals surface area (Å²) < 4.78 is 28.3. The van der Waals surface area contributed by atoms with Crippen LogP contribution < -0.4 is 37.5 Å². The highest BCUT2D eigenvalue weighted by Crippen LogP contribution is 2.46. The van der Waals surface area contributed by atoms with Gasteiger partial charge in [-0.1, -0.05) is 43.7 Å². The first-order chi connectivity index (χ1) is 37.4. The highest BCUT2D eigenvalue weighted by molar-refractivity contribution is 6.12. The maximum absolute atomic E-state index is 15.5. The number of rotatable bonds is 23. The van der Waals surface area contributed by atoms with Gasteiger partial charge in [0.05, 0.1) is 54.7 Å². The summed E-state index contributed by atoms with van der Waals surface area (Å²) >= 11 is 0. The molecule has 4 aromatic rings. The number of hydrogen-bond donors (Lipinski definition) is 7. The zero-order chi connectivity index (χ0) is 55.4. The SMILES string of the molecule is CC[C@@]1(O)C(=O)OCc2c1cc1n(c2=O)Cc2c-1nc1cc(F)c(C)c3c1c2[C@@H](NC(=O)C(OCNC(=O)CNC(=O)C(Cc1ccccc1)NC(=O)CNC(=O)CNC(=O)CCCCCN1C(=O)C=CC1=O)C1CC1)CC3. The lowest BCUT2D eigenvalue weighted by atomic mass is 9.81. The van der Waals surface area contributed by atoms with Gasteiger partial charge in [-0.3, -0.25) is 48.1 Å². The molecule has 78 heavy (non-hydrogen) atoms. The van der Waals surface area contributed by atoms with E-state index in [1.807, 2.05) is 0 Å². The molecule has 22 nitrogen and oxygen atoms in total. The molecule has 0 saturated heterocycles. The van der Waals surface area contributed by atoms with Crippen LogP contribution in [0.1, 0.15) is 103 Å². The van der Waals surface area contributed by atoms with E-state index in [0.29, 0.717) is 89.5 Å². The second-order valence-electron chi connectivity index (χ2n) is 20.1. The fourth-order valence-corrected chi connectivity index (χ4v) is 10.5. The number of aromatic nitrogens is 2. The number of nitrogens with one attached hydrogen (secondary N) is 6. The van der Waals surface area contributed by atoms with Crippen molar-refractivity contribution in [2.45, 2.75) is 115 Å². The molecule has 1 fully saturated rings. The zero-order valence-electron chi connectivity index (χ0n) is 43.1. The van der Waals surface area contributed by atoms with Crippen molar-refractivity contribution in [2.24, 2.45) is 5.92 Å². The number of unbranched alkanes of at least 4 members (excludes halogenated alkanes) is 2. The van der Waals surface area contributed by atoms with Crippen LogP contribution in [0.25, 0.3) is 22.3 Å². The molecule has 5 aliphatic rings. The Labute approximate surface area is 446 Å². The number of aliphatic hydroxyl groups is 1. The van der Waals surface area contributed by atoms with Gasteiger partial charge in [0, 0.05) is 54.1 Å². The molecule has 9 rings (SSSR count). The molecule has 5 heterocycles. The molecule has 2 unspecified atom stereocenters. The highest BCUT2D eigenvalue weighted by atomic mass is 19.1. The fraction of sp³-hybridized carbons (Fsp3) is 0.436. The van der Waals surface area contributed by atoms with E-state index >= 15 is 4.39 Å². The second kappa shape index (κ2) is 23.2. The van der Waals surface area contributed by atoms with Crippen LogP contribution in [-0.2, 0) is 84.2 Å². The van der Waals surface area contributed by atoms with Crippen LogP contribution in [0.3, 0.4) is 0 Å². The Bertz CT molecular complexity index is 3210. The van der Waals surface area contributed by atoms with Crippen molar-refractivity contribution in [3.05, 3.63) is 110 Å². The predicted octanol–water partition coefficient (Wildman–Crippen LogP) is 1.06. The van der Waals surface area contributed by atoms with Crippen molar-refractivity contribution in [1.29, 1.82) is 0 Å². The van der Waals surface area contributed by atoms with Crippen LogP contribution in [0.15, 0.2) is 59.4 Å². The Morgan fingerprint density at radius 1 is 0.846 bits per heavy atom. The normalized spacial score (nSPS) is 18.5. The number of imide groups is 1. The maximum Gasteiger partial charge on any atom is 0.343 e. The predicted molar refractivity (Wildman–Crippen MR) is 274 cm³/mol. The van der Waals surface area contributed by atoms with Crippen LogP contribution >= 0.6 is 0 Å². The van der Waals surface area contributed by atoms with E-state index in [1.165, 1.54) is 22.8 Å². The van der Waals surface area contributed by atoms with Crippen LogP contribution in [0.4, 0.5) is 4.39 Å². The summed E-state index contributed by atoms with van der Waals surface area (Å²) in [6.07, 6.45) is 5.24. The van der Waals surface area contributed by atoms with Gasteiger partial charge in [0.25, 0.3) is 17.4 Å². The molecule has 1 saturated carbocycles. The smallest absolute Gasteiger partial charge is 0.343 e. The van der Waals surface area contributed by atoms with Gasteiger partial charge in [0.2, 0.25) is 35.4 Å². The number of carbonyl (C=O) groups excluding carboxylic acids is 9. The molecule has 2 aliphatic carbocycles. The molecular formula is C55H60FN9O13. The number of halogens is 1. The van der Waals surface area contributed by atoms with Crippen molar-refractivity contribution in [1.82, 2.24) is 46.4 Å². The number of esters is 1. The van der Waals surface area contributed by atoms with E-state index in [4.69, 9.17) is 14.5 Å². The van der Waals surface area contributed by atoms with Crippen molar-refractivity contribution >= 4 is 64.1 Å². The molecule has 2 aromatic heterocycles. The van der Waals surface area contributed by atoms with Gasteiger partial charge >= 0.3 is 5.97 Å². The number of nitrogens with zero attached hydrogens (tertiary/aromatic N) is 3. The molecule has 7 N–H and O–H groups in total. The Balaban J connectivity index is 0.777. The quantitative estimate of drug-likeness (QED) is 0.0209. The Morgan fingerprint density at radius 3 is 2.28 bits per heavy atom. The maximum atomic E-state index is 15.5. The minimum atomic E-state index is -2.05. The van der Waals surface area contributed by atoms with E-state index in [1.54, 1.807) is 50.2 Å². The van der Waals surface area contributed by atoms with Crippen molar-refractivity contribution < 1.29 is 62.1 Å². The van der Waals surface area contributed by atoms with Crippen LogP contribution in [0.2, 0.25) is 0 Å². The number of fused-ring (bicyclic) bond motifs is 5. The van der Waals surface area contributed by atoms with Gasteiger partial charge in [0.1, 0.15) is 31.3 Å². The fourth-order valence-electron chi connectivity index (χ4n) is 10.5. The first-order valence-electron chi connectivity index (χ1n) is 26.1. The Morgan fingerprint density at radius 2 is 1.55 bits per heavy atom. The van der Waals surface area contributed by atoms with Crippen molar-refractivity contribution in [2.75, 3.05) is 32.9 Å². The van der Waals surface area contributed by atoms with Gasteiger partial charge in [0.15, 0.2) is 5.60 Å². The molecule has 0 spiro atoms. The van der Waals surface area contributed by atoms with Gasteiger partial charge in [-0.2, -0.15) is 0 Å². The summed E-state index contributed by atoms with van der Waals surface area (Å²) in [6, 6.07) is 9.91. The summed E-state index contributed by atoms with van der Waals surface area (Å²) in [5, 5.41) is 27.8. The average molecular weight is 1070 g/mol. The number of hydrogen-bond acceptors (Lipinski definition) is 14. The standard InChI is InChI=1S/C55H60FN9O13/c1-3-55(76)35-21-40-49-33(26-65(40)53(74)34(35)27-77-54(55)75)48-37(16-15-32-29(2)36(56)22-38(62-49)47(32)48)63-52(73)50(31-13-14-31)78-28-60-43(68)24-59-51(72)39(20-30-10-6-4-7-11-30)61-44(69)25-58-42(67)23-57-41(66)12-8-5-9-19-64-45(70)17-18-46(64)71/h4,6-7,10-11,17-18,21-22,31,37,39,50,76H,3,5,8-9,12-16,19-20,23-28H2,1-2H3,(H,57,66)(H,58,67)(H,59,72)(H,60,68)(H,61,69)(H,63,73)/t37-,39?,50?,55-/m0/s1. The first kappa shape index (κ1) is 54.6. The van der Waals surface area contributed by atoms with E-state index in [-0.39, 0.29) is 67.8 Å². The lowest BCUT2D eigenvalue weighted by Gasteiger charge is -2.31. The molecule has 2 aromatic carbocycles. The summed E-state index contributed by atoms with van der Waals surface area (Å²) in [6.45, 7) is 1.45. The molecule has 23 heteroatoms. The van der Waals surface area contributed by atoms with Gasteiger partial charge in [-0.15, -0.1) is 0 Å². The number of aryl methyl sites for hydroxylation is 1. The van der Waals surface area contributed by atoms with Crippen LogP contribution in [0.5, 0.6) is 0 Å². The summed E-state index contributed by atoms with van der Waals surface area (Å²) in [7, 11) is 0. The number of cyclic esters (lactones) is 1. The lowest BCUT2D eigenvalue weighted by molar-refractivity contribution is -0.172. The van der Waals surface area contributed by atoms with Crippen LogP contribution in [-0.4, -0.2) is 118 Å². The van der Waals surface area contributed by atoms with E-state index in [0.717, 1.165) is 10.5 Å². The number of pyridine rings is 2. The minimum absolute atomic E-state index is 0.0396. The molecule has 410 valence electrons. The minimum Gasteiger partial charge on any atom is -0.458 e. The van der Waals surface area contributed by atoms with E-state index < -0.39 is 103 Å². The van der Waals surface area contributed by atoms with Crippen molar-refractivity contribution in [3.8, 4) is 11.4 Å². The van der Waals surface area contributed by atoms with Gasteiger partial charge in [-0.05, 0) is 86.1 Å². The third-order valence-electron chi connectivity index (χ3n) is 15.0. The number of ether oxygens (including phenoxy) is 2. The molecule has 0 bridgehead atoms.